The van der Waals surface area contributed by atoms with Crippen molar-refractivity contribution in [2.24, 2.45) is 5.73 Å². The van der Waals surface area contributed by atoms with Gasteiger partial charge in [0.1, 0.15) is 10.3 Å². The number of nitrogens with two attached hydrogens (primary N) is 1. The maximum Gasteiger partial charge on any atom is 0.274 e. The van der Waals surface area contributed by atoms with E-state index in [1.165, 1.54) is 6.08 Å². The molecule has 0 bridgehead atoms. The number of halogens is 1. The van der Waals surface area contributed by atoms with Crippen LogP contribution in [0.3, 0.4) is 0 Å². The lowest BCUT2D eigenvalue weighted by atomic mass is 9.79. The normalized spacial score (nSPS) is 18.3. The van der Waals surface area contributed by atoms with Gasteiger partial charge in [-0.15, -0.1) is 0 Å². The number of carbonyl (C=O) groups excluding carboxylic acids is 3. The summed E-state index contributed by atoms with van der Waals surface area (Å²) in [5, 5.41) is 5.76. The third-order valence-corrected chi connectivity index (χ3v) is 5.61. The first kappa shape index (κ1) is 21.7. The first-order chi connectivity index (χ1) is 14.4. The van der Waals surface area contributed by atoms with Crippen molar-refractivity contribution >= 4 is 39.3 Å². The van der Waals surface area contributed by atoms with Gasteiger partial charge in [-0.05, 0) is 83.1 Å². The van der Waals surface area contributed by atoms with Gasteiger partial charge in [0.05, 0.1) is 0 Å². The number of anilines is 1. The number of primary amides is 1. The second-order valence-corrected chi connectivity index (χ2v) is 8.05. The van der Waals surface area contributed by atoms with Crippen LogP contribution in [-0.4, -0.2) is 28.7 Å². The number of pyridine rings is 1. The van der Waals surface area contributed by atoms with Crippen LogP contribution in [0.5, 0.6) is 0 Å². The lowest BCUT2D eigenvalue weighted by Gasteiger charge is -2.31. The Kier molecular flexibility index (Phi) is 6.99. The summed E-state index contributed by atoms with van der Waals surface area (Å²) in [5.74, 6) is -1.04. The molecule has 2 atom stereocenters. The second kappa shape index (κ2) is 9.67. The van der Waals surface area contributed by atoms with Crippen LogP contribution in [0.25, 0.3) is 0 Å². The number of carbonyl (C=O) groups is 3. The Bertz CT molecular complexity index is 992. The smallest absolute Gasteiger partial charge is 0.274 e. The summed E-state index contributed by atoms with van der Waals surface area (Å²) >= 11 is 3.25. The van der Waals surface area contributed by atoms with E-state index in [4.69, 9.17) is 5.73 Å². The zero-order valence-electron chi connectivity index (χ0n) is 16.4. The molecular formula is C22H23BrN4O3. The molecule has 1 aromatic carbocycles. The van der Waals surface area contributed by atoms with E-state index < -0.39 is 5.91 Å². The number of hydrogen-bond donors (Lipinski definition) is 3. The fourth-order valence-corrected chi connectivity index (χ4v) is 4.14. The van der Waals surface area contributed by atoms with Gasteiger partial charge in [-0.25, -0.2) is 4.98 Å². The van der Waals surface area contributed by atoms with E-state index in [0.717, 1.165) is 24.8 Å². The topological polar surface area (TPSA) is 114 Å². The van der Waals surface area contributed by atoms with E-state index in [1.54, 1.807) is 36.4 Å². The molecule has 1 heterocycles. The van der Waals surface area contributed by atoms with Crippen LogP contribution >= 0.6 is 15.9 Å². The molecule has 3 amide bonds. The molecule has 30 heavy (non-hydrogen) atoms. The Morgan fingerprint density at radius 2 is 2.00 bits per heavy atom. The molecule has 0 spiro atoms. The van der Waals surface area contributed by atoms with Crippen molar-refractivity contribution in [3.8, 4) is 0 Å². The van der Waals surface area contributed by atoms with Crippen LogP contribution in [0.4, 0.5) is 5.69 Å². The molecule has 0 radical (unpaired) electrons. The number of hydrogen-bond acceptors (Lipinski definition) is 4. The molecular weight excluding hydrogens is 448 g/mol. The van der Waals surface area contributed by atoms with Crippen LogP contribution in [0, 0.1) is 0 Å². The summed E-state index contributed by atoms with van der Waals surface area (Å²) in [6.45, 7) is 3.49. The zero-order chi connectivity index (χ0) is 21.7. The van der Waals surface area contributed by atoms with Crippen molar-refractivity contribution in [2.45, 2.75) is 37.6 Å². The van der Waals surface area contributed by atoms with Crippen molar-refractivity contribution < 1.29 is 14.4 Å². The summed E-state index contributed by atoms with van der Waals surface area (Å²) in [5.41, 5.74) is 7.62. The van der Waals surface area contributed by atoms with Gasteiger partial charge in [0.15, 0.2) is 0 Å². The highest BCUT2D eigenvalue weighted by molar-refractivity contribution is 9.10. The van der Waals surface area contributed by atoms with Crippen LogP contribution in [-0.2, 0) is 4.79 Å². The third-order valence-electron chi connectivity index (χ3n) is 5.17. The van der Waals surface area contributed by atoms with Gasteiger partial charge in [0.25, 0.3) is 5.91 Å². The van der Waals surface area contributed by atoms with E-state index in [9.17, 15) is 14.4 Å². The minimum absolute atomic E-state index is 0.000840. The fourth-order valence-electron chi connectivity index (χ4n) is 3.80. The maximum absolute atomic E-state index is 12.5. The van der Waals surface area contributed by atoms with Crippen molar-refractivity contribution in [2.75, 3.05) is 5.32 Å². The Morgan fingerprint density at radius 3 is 2.70 bits per heavy atom. The second-order valence-electron chi connectivity index (χ2n) is 7.24. The summed E-state index contributed by atoms with van der Waals surface area (Å²) < 4.78 is 0.565. The average molecular weight is 471 g/mol. The molecule has 156 valence electrons. The number of nitrogens with one attached hydrogen (secondary N) is 2. The van der Waals surface area contributed by atoms with E-state index in [-0.39, 0.29) is 29.5 Å². The van der Waals surface area contributed by atoms with Gasteiger partial charge < -0.3 is 16.4 Å². The van der Waals surface area contributed by atoms with E-state index in [1.807, 2.05) is 0 Å². The average Bonchev–Trinajstić information content (AvgIpc) is 2.73. The lowest BCUT2D eigenvalue weighted by Crippen LogP contribution is -2.37. The molecule has 8 heteroatoms. The van der Waals surface area contributed by atoms with Crippen LogP contribution in [0.15, 0.2) is 53.7 Å². The molecule has 1 saturated carbocycles. The highest BCUT2D eigenvalue weighted by atomic mass is 79.9. The zero-order valence-corrected chi connectivity index (χ0v) is 17.9. The minimum Gasteiger partial charge on any atom is -0.366 e. The Hall–Kier alpha value is -3.00. The molecule has 1 unspecified atom stereocenters. The van der Waals surface area contributed by atoms with Crippen molar-refractivity contribution in [3.05, 3.63) is 70.5 Å². The van der Waals surface area contributed by atoms with Crippen LogP contribution in [0.2, 0.25) is 0 Å². The highest BCUT2D eigenvalue weighted by Gasteiger charge is 2.27. The largest absolute Gasteiger partial charge is 0.366 e. The molecule has 3 rings (SSSR count). The lowest BCUT2D eigenvalue weighted by molar-refractivity contribution is -0.117. The Labute approximate surface area is 183 Å². The summed E-state index contributed by atoms with van der Waals surface area (Å²) in [4.78, 5) is 40.4. The molecule has 2 aromatic rings. The van der Waals surface area contributed by atoms with Gasteiger partial charge in [-0.2, -0.15) is 0 Å². The molecule has 1 aliphatic rings. The number of aromatic nitrogens is 1. The fraction of sp³-hybridized carbons (Fsp3) is 0.273. The highest BCUT2D eigenvalue weighted by Crippen LogP contribution is 2.36. The molecule has 0 saturated heterocycles. The molecule has 1 aromatic heterocycles. The molecule has 0 aliphatic heterocycles. The molecule has 1 fully saturated rings. The predicted octanol–water partition coefficient (Wildman–Crippen LogP) is 3.52. The first-order valence-electron chi connectivity index (χ1n) is 9.68. The van der Waals surface area contributed by atoms with E-state index >= 15 is 0 Å². The van der Waals surface area contributed by atoms with Crippen LogP contribution in [0.1, 0.15) is 58.0 Å². The number of benzene rings is 1. The standard InChI is InChI=1S/C22H23BrN4O3/c1-2-20(28)25-14-6-3-5-13(11-14)17-12-15(9-10-16(17)21(24)29)26-22(30)18-7-4-8-19(23)27-18/h2,4,7-10,12-14H,1,3,5-6,11H2,(H2,24,29)(H,25,28)(H,26,30)/t13?,14-/m0/s1. The SMILES string of the molecule is C=CC(=O)N[C@H]1CCCC(c2cc(NC(=O)c3cccc(Br)n3)ccc2C(N)=O)C1. The number of rotatable bonds is 6. The van der Waals surface area contributed by atoms with Crippen molar-refractivity contribution in [3.63, 3.8) is 0 Å². The van der Waals surface area contributed by atoms with Crippen molar-refractivity contribution in [1.29, 1.82) is 0 Å². The molecule has 1 aliphatic carbocycles. The van der Waals surface area contributed by atoms with Gasteiger partial charge in [-0.3, -0.25) is 14.4 Å². The summed E-state index contributed by atoms with van der Waals surface area (Å²) in [6, 6.07) is 10.2. The first-order valence-corrected chi connectivity index (χ1v) is 10.5. The monoisotopic (exact) mass is 470 g/mol. The van der Waals surface area contributed by atoms with Gasteiger partial charge in [0, 0.05) is 17.3 Å². The quantitative estimate of drug-likeness (QED) is 0.442. The number of amides is 3. The van der Waals surface area contributed by atoms with E-state index in [2.05, 4.69) is 38.1 Å². The van der Waals surface area contributed by atoms with E-state index in [0.29, 0.717) is 22.3 Å². The number of nitrogens with zero attached hydrogens (tertiary/aromatic N) is 1. The van der Waals surface area contributed by atoms with Gasteiger partial charge >= 0.3 is 0 Å². The van der Waals surface area contributed by atoms with Crippen molar-refractivity contribution in [1.82, 2.24) is 10.3 Å². The Balaban J connectivity index is 1.84. The maximum atomic E-state index is 12.5. The predicted molar refractivity (Wildman–Crippen MR) is 118 cm³/mol. The molecule has 7 nitrogen and oxygen atoms in total. The van der Waals surface area contributed by atoms with Gasteiger partial charge in [-0.1, -0.05) is 19.1 Å². The van der Waals surface area contributed by atoms with Gasteiger partial charge in [0.2, 0.25) is 11.8 Å². The molecule has 4 N–H and O–H groups in total. The Morgan fingerprint density at radius 1 is 1.20 bits per heavy atom. The van der Waals surface area contributed by atoms with Crippen LogP contribution < -0.4 is 16.4 Å². The summed E-state index contributed by atoms with van der Waals surface area (Å²) in [7, 11) is 0. The minimum atomic E-state index is -0.520. The third kappa shape index (κ3) is 5.33. The summed E-state index contributed by atoms with van der Waals surface area (Å²) in [6.07, 6.45) is 4.58.